The van der Waals surface area contributed by atoms with Gasteiger partial charge in [-0.2, -0.15) is 13.2 Å². The van der Waals surface area contributed by atoms with Crippen LogP contribution in [0.25, 0.3) is 0 Å². The minimum Gasteiger partial charge on any atom is -0.475 e. The second kappa shape index (κ2) is 9.27. The third kappa shape index (κ3) is 5.70. The average Bonchev–Trinajstić information content (AvgIpc) is 3.32. The summed E-state index contributed by atoms with van der Waals surface area (Å²) in [6.07, 6.45) is 0.784. The number of carboxylic acids is 1. The molecule has 4 heterocycles. The molecule has 0 radical (unpaired) electrons. The van der Waals surface area contributed by atoms with E-state index in [1.807, 2.05) is 30.3 Å². The van der Waals surface area contributed by atoms with Crippen LogP contribution in [0.5, 0.6) is 5.88 Å². The molecule has 0 bridgehead atoms. The molecule has 2 aromatic heterocycles. The number of hydrogen-bond acceptors (Lipinski definition) is 6. The molecule has 2 aliphatic heterocycles. The molecule has 7 nitrogen and oxygen atoms in total. The highest BCUT2D eigenvalue weighted by Crippen LogP contribution is 2.32. The first-order chi connectivity index (χ1) is 13.8. The molecule has 2 saturated heterocycles. The van der Waals surface area contributed by atoms with Crippen LogP contribution in [0.2, 0.25) is 0 Å². The van der Waals surface area contributed by atoms with E-state index in [1.54, 1.807) is 12.5 Å². The van der Waals surface area contributed by atoms with Crippen molar-refractivity contribution >= 4 is 5.97 Å². The summed E-state index contributed by atoms with van der Waals surface area (Å²) in [7, 11) is 0. The summed E-state index contributed by atoms with van der Waals surface area (Å²) in [6.45, 7) is 2.46. The number of carboxylic acid groups (broad SMARTS) is 1. The number of hydrogen-bond donors (Lipinski definition) is 1. The number of furan rings is 1. The highest BCUT2D eigenvalue weighted by Gasteiger charge is 2.45. The third-order valence-corrected chi connectivity index (χ3v) is 4.68. The van der Waals surface area contributed by atoms with E-state index in [0.29, 0.717) is 11.9 Å². The third-order valence-electron chi connectivity index (χ3n) is 4.68. The molecule has 0 amide bonds. The van der Waals surface area contributed by atoms with Crippen LogP contribution in [0.4, 0.5) is 13.2 Å². The fraction of sp³-hybridized carbons (Fsp3) is 0.474. The van der Waals surface area contributed by atoms with Crippen molar-refractivity contribution in [3.63, 3.8) is 0 Å². The molecule has 2 aromatic rings. The van der Waals surface area contributed by atoms with Gasteiger partial charge >= 0.3 is 12.1 Å². The molecular formula is C19H21F3N2O5. The maximum Gasteiger partial charge on any atom is 0.490 e. The number of nitrogens with zero attached hydrogens (tertiary/aromatic N) is 2. The summed E-state index contributed by atoms with van der Waals surface area (Å²) < 4.78 is 49.3. The molecule has 158 valence electrons. The van der Waals surface area contributed by atoms with E-state index >= 15 is 0 Å². The Hall–Kier alpha value is -2.59. The molecule has 0 spiro atoms. The second-order valence-corrected chi connectivity index (χ2v) is 6.68. The van der Waals surface area contributed by atoms with E-state index in [9.17, 15) is 13.2 Å². The van der Waals surface area contributed by atoms with Gasteiger partial charge in [-0.15, -0.1) is 0 Å². The molecule has 2 fully saturated rings. The van der Waals surface area contributed by atoms with Gasteiger partial charge in [0.15, 0.2) is 0 Å². The molecule has 0 saturated carbocycles. The second-order valence-electron chi connectivity index (χ2n) is 6.68. The zero-order valence-corrected chi connectivity index (χ0v) is 15.4. The van der Waals surface area contributed by atoms with Crippen LogP contribution in [0.1, 0.15) is 18.6 Å². The van der Waals surface area contributed by atoms with Gasteiger partial charge in [0.25, 0.3) is 0 Å². The molecule has 10 heteroatoms. The maximum absolute atomic E-state index is 10.6. The van der Waals surface area contributed by atoms with Gasteiger partial charge in [-0.1, -0.05) is 6.07 Å². The summed E-state index contributed by atoms with van der Waals surface area (Å²) in [6, 6.07) is 10.1. The SMILES string of the molecule is O=C(O)C(F)(F)F.c1ccc(O[C@H]2CN(Cc3ccco3)[C@@H]3CCCO[C@H]23)nc1. The van der Waals surface area contributed by atoms with Crippen LogP contribution in [0.3, 0.4) is 0 Å². The van der Waals surface area contributed by atoms with Crippen LogP contribution in [0, 0.1) is 0 Å². The van der Waals surface area contributed by atoms with Gasteiger partial charge in [-0.05, 0) is 31.0 Å². The Balaban J connectivity index is 0.000000298. The average molecular weight is 414 g/mol. The fourth-order valence-corrected chi connectivity index (χ4v) is 3.46. The smallest absolute Gasteiger partial charge is 0.475 e. The number of ether oxygens (including phenoxy) is 2. The number of halogens is 3. The van der Waals surface area contributed by atoms with E-state index in [0.717, 1.165) is 38.3 Å². The standard InChI is InChI=1S/C17H20N2O3.C2HF3O2/c1-2-8-18-16(7-1)22-15-12-19(11-13-5-3-9-20-13)14-6-4-10-21-17(14)15;3-2(4,5)1(6)7/h1-3,5,7-9,14-15,17H,4,6,10-12H2;(H,6,7)/t14-,15+,17+;/m1./s1. The van der Waals surface area contributed by atoms with Crippen molar-refractivity contribution < 1.29 is 37.0 Å². The van der Waals surface area contributed by atoms with Crippen LogP contribution >= 0.6 is 0 Å². The molecule has 0 aliphatic carbocycles. The lowest BCUT2D eigenvalue weighted by molar-refractivity contribution is -0.192. The number of fused-ring (bicyclic) bond motifs is 1. The Bertz CT molecular complexity index is 770. The Kier molecular flexibility index (Phi) is 6.75. The van der Waals surface area contributed by atoms with Crippen molar-refractivity contribution in [2.75, 3.05) is 13.2 Å². The molecule has 4 rings (SSSR count). The van der Waals surface area contributed by atoms with Gasteiger partial charge in [0.1, 0.15) is 18.0 Å². The molecule has 0 unspecified atom stereocenters. The number of aliphatic carboxylic acids is 1. The Morgan fingerprint density at radius 2 is 2.10 bits per heavy atom. The van der Waals surface area contributed by atoms with Crippen molar-refractivity contribution in [1.82, 2.24) is 9.88 Å². The number of pyridine rings is 1. The topological polar surface area (TPSA) is 85.0 Å². The van der Waals surface area contributed by atoms with Crippen molar-refractivity contribution in [1.29, 1.82) is 0 Å². The van der Waals surface area contributed by atoms with Crippen molar-refractivity contribution in [3.05, 3.63) is 48.6 Å². The van der Waals surface area contributed by atoms with E-state index in [1.165, 1.54) is 0 Å². The lowest BCUT2D eigenvalue weighted by Crippen LogP contribution is -2.42. The molecule has 3 atom stereocenters. The van der Waals surface area contributed by atoms with E-state index < -0.39 is 12.1 Å². The van der Waals surface area contributed by atoms with Gasteiger partial charge < -0.3 is 19.0 Å². The predicted molar refractivity (Wildman–Crippen MR) is 94.2 cm³/mol. The lowest BCUT2D eigenvalue weighted by Gasteiger charge is -2.31. The number of rotatable bonds is 4. The quantitative estimate of drug-likeness (QED) is 0.823. The monoisotopic (exact) mass is 414 g/mol. The molecular weight excluding hydrogens is 393 g/mol. The van der Waals surface area contributed by atoms with Crippen LogP contribution in [0.15, 0.2) is 47.2 Å². The number of alkyl halides is 3. The van der Waals surface area contributed by atoms with Gasteiger partial charge in [0.05, 0.1) is 12.8 Å². The Morgan fingerprint density at radius 1 is 1.31 bits per heavy atom. The van der Waals surface area contributed by atoms with Crippen molar-refractivity contribution in [2.45, 2.75) is 43.8 Å². The first kappa shape index (κ1) is 21.1. The highest BCUT2D eigenvalue weighted by molar-refractivity contribution is 5.73. The zero-order valence-electron chi connectivity index (χ0n) is 15.4. The predicted octanol–water partition coefficient (Wildman–Crippen LogP) is 3.12. The summed E-state index contributed by atoms with van der Waals surface area (Å²) in [5.74, 6) is -1.10. The number of aromatic nitrogens is 1. The molecule has 1 N–H and O–H groups in total. The Labute approximate surface area is 165 Å². The van der Waals surface area contributed by atoms with E-state index in [2.05, 4.69) is 9.88 Å². The van der Waals surface area contributed by atoms with Crippen LogP contribution in [-0.2, 0) is 16.1 Å². The van der Waals surface area contributed by atoms with Crippen molar-refractivity contribution in [3.8, 4) is 5.88 Å². The van der Waals surface area contributed by atoms with Gasteiger partial charge in [0, 0.05) is 31.5 Å². The molecule has 2 aliphatic rings. The summed E-state index contributed by atoms with van der Waals surface area (Å²) in [5.41, 5.74) is 0. The van der Waals surface area contributed by atoms with Crippen LogP contribution < -0.4 is 4.74 Å². The first-order valence-corrected chi connectivity index (χ1v) is 9.10. The minimum absolute atomic E-state index is 0.0233. The molecule has 0 aromatic carbocycles. The molecule has 29 heavy (non-hydrogen) atoms. The number of carbonyl (C=O) groups is 1. The zero-order chi connectivity index (χ0) is 20.9. The first-order valence-electron chi connectivity index (χ1n) is 9.10. The summed E-state index contributed by atoms with van der Waals surface area (Å²) in [4.78, 5) is 15.6. The number of likely N-dealkylation sites (tertiary alicyclic amines) is 1. The van der Waals surface area contributed by atoms with Gasteiger partial charge in [0.2, 0.25) is 5.88 Å². The Morgan fingerprint density at radius 3 is 2.72 bits per heavy atom. The fourth-order valence-electron chi connectivity index (χ4n) is 3.46. The van der Waals surface area contributed by atoms with Crippen LogP contribution in [-0.4, -0.2) is 58.5 Å². The summed E-state index contributed by atoms with van der Waals surface area (Å²) >= 11 is 0. The normalized spacial score (nSPS) is 24.3. The van der Waals surface area contributed by atoms with E-state index in [4.69, 9.17) is 23.8 Å². The maximum atomic E-state index is 10.6. The van der Waals surface area contributed by atoms with E-state index in [-0.39, 0.29) is 12.2 Å². The summed E-state index contributed by atoms with van der Waals surface area (Å²) in [5, 5.41) is 7.12. The van der Waals surface area contributed by atoms with Gasteiger partial charge in [-0.25, -0.2) is 9.78 Å². The highest BCUT2D eigenvalue weighted by atomic mass is 19.4. The van der Waals surface area contributed by atoms with Gasteiger partial charge in [-0.3, -0.25) is 4.90 Å². The minimum atomic E-state index is -5.08. The lowest BCUT2D eigenvalue weighted by atomic mass is 10.0. The largest absolute Gasteiger partial charge is 0.490 e. The van der Waals surface area contributed by atoms with Crippen molar-refractivity contribution in [2.24, 2.45) is 0 Å².